The summed E-state index contributed by atoms with van der Waals surface area (Å²) in [5.41, 5.74) is 3.65. The van der Waals surface area contributed by atoms with Gasteiger partial charge < -0.3 is 29.5 Å². The molecule has 0 bridgehead atoms. The van der Waals surface area contributed by atoms with Crippen LogP contribution in [0, 0.1) is 6.92 Å². The highest BCUT2D eigenvalue weighted by atomic mass is 16.5. The molecular formula is C27H32N6O3. The fourth-order valence-corrected chi connectivity index (χ4v) is 4.42. The van der Waals surface area contributed by atoms with Gasteiger partial charge >= 0.3 is 6.03 Å². The first-order valence-corrected chi connectivity index (χ1v) is 12.3. The number of para-hydroxylation sites is 2. The standard InChI is InChI=1S/C27H32N6O3/c1-19-8-10-20(11-9-19)28-27(34)33-13-12-22-21(18-33)25(36-24-7-5-4-6-23(24)35-3)30-26(29-22)32-16-14-31(2)15-17-32/h4-11H,12-18H2,1-3H3,(H,28,34). The number of carbonyl (C=O) groups excluding carboxylic acids is 1. The Labute approximate surface area is 211 Å². The smallest absolute Gasteiger partial charge is 0.322 e. The third-order valence-electron chi connectivity index (χ3n) is 6.66. The summed E-state index contributed by atoms with van der Waals surface area (Å²) in [5.74, 6) is 2.33. The Bertz CT molecular complexity index is 1220. The lowest BCUT2D eigenvalue weighted by Gasteiger charge is -2.34. The maximum absolute atomic E-state index is 13.1. The highest BCUT2D eigenvalue weighted by Crippen LogP contribution is 2.35. The largest absolute Gasteiger partial charge is 0.493 e. The number of nitrogens with zero attached hydrogens (tertiary/aromatic N) is 5. The van der Waals surface area contributed by atoms with E-state index < -0.39 is 0 Å². The number of carbonyl (C=O) groups is 1. The molecule has 1 N–H and O–H groups in total. The molecule has 36 heavy (non-hydrogen) atoms. The van der Waals surface area contributed by atoms with E-state index in [-0.39, 0.29) is 6.03 Å². The molecule has 0 unspecified atom stereocenters. The van der Waals surface area contributed by atoms with Crippen molar-refractivity contribution in [1.29, 1.82) is 0 Å². The zero-order valence-corrected chi connectivity index (χ0v) is 21.0. The van der Waals surface area contributed by atoms with Crippen LogP contribution < -0.4 is 19.7 Å². The van der Waals surface area contributed by atoms with Crippen LogP contribution in [-0.2, 0) is 13.0 Å². The van der Waals surface area contributed by atoms with E-state index in [0.717, 1.165) is 48.7 Å². The van der Waals surface area contributed by atoms with Gasteiger partial charge in [0.05, 0.1) is 24.9 Å². The molecule has 9 nitrogen and oxygen atoms in total. The lowest BCUT2D eigenvalue weighted by atomic mass is 10.1. The number of benzene rings is 2. The first kappa shape index (κ1) is 23.9. The summed E-state index contributed by atoms with van der Waals surface area (Å²) in [7, 11) is 3.74. The van der Waals surface area contributed by atoms with E-state index in [1.807, 2.05) is 55.5 Å². The molecule has 2 aliphatic rings. The van der Waals surface area contributed by atoms with Gasteiger partial charge in [0.2, 0.25) is 11.8 Å². The number of ether oxygens (including phenoxy) is 2. The molecule has 0 atom stereocenters. The summed E-state index contributed by atoms with van der Waals surface area (Å²) in [4.78, 5) is 29.1. The van der Waals surface area contributed by atoms with Gasteiger partial charge in [0, 0.05) is 44.8 Å². The molecule has 188 valence electrons. The van der Waals surface area contributed by atoms with Gasteiger partial charge in [-0.1, -0.05) is 29.8 Å². The van der Waals surface area contributed by atoms with E-state index in [9.17, 15) is 4.79 Å². The Kier molecular flexibility index (Phi) is 6.90. The highest BCUT2D eigenvalue weighted by Gasteiger charge is 2.29. The number of anilines is 2. The topological polar surface area (TPSA) is 83.1 Å². The van der Waals surface area contributed by atoms with E-state index in [0.29, 0.717) is 42.8 Å². The third-order valence-corrected chi connectivity index (χ3v) is 6.66. The maximum atomic E-state index is 13.1. The van der Waals surface area contributed by atoms with Crippen LogP contribution in [0.4, 0.5) is 16.4 Å². The van der Waals surface area contributed by atoms with Gasteiger partial charge in [0.15, 0.2) is 11.5 Å². The number of urea groups is 1. The number of aromatic nitrogens is 2. The number of hydrogen-bond donors (Lipinski definition) is 1. The van der Waals surface area contributed by atoms with E-state index in [2.05, 4.69) is 22.2 Å². The average molecular weight is 489 g/mol. The van der Waals surface area contributed by atoms with Gasteiger partial charge in [-0.05, 0) is 38.2 Å². The molecule has 1 fully saturated rings. The Hall–Kier alpha value is -3.85. The summed E-state index contributed by atoms with van der Waals surface area (Å²) in [5, 5.41) is 3.00. The summed E-state index contributed by atoms with van der Waals surface area (Å²) in [6.07, 6.45) is 0.627. The summed E-state index contributed by atoms with van der Waals surface area (Å²) < 4.78 is 11.8. The first-order chi connectivity index (χ1) is 17.5. The number of likely N-dealkylation sites (N-methyl/N-ethyl adjacent to an activating group) is 1. The fraction of sp³-hybridized carbons (Fsp3) is 0.370. The Balaban J connectivity index is 1.44. The second-order valence-corrected chi connectivity index (χ2v) is 9.26. The molecule has 0 spiro atoms. The molecule has 2 aliphatic heterocycles. The lowest BCUT2D eigenvalue weighted by molar-refractivity contribution is 0.204. The molecule has 1 aromatic heterocycles. The molecule has 2 aromatic carbocycles. The van der Waals surface area contributed by atoms with Crippen LogP contribution >= 0.6 is 0 Å². The minimum absolute atomic E-state index is 0.157. The van der Waals surface area contributed by atoms with Crippen molar-refractivity contribution in [2.75, 3.05) is 57.1 Å². The average Bonchev–Trinajstić information content (AvgIpc) is 2.90. The molecule has 3 heterocycles. The molecule has 5 rings (SSSR count). The molecule has 3 aromatic rings. The van der Waals surface area contributed by atoms with Crippen molar-refractivity contribution >= 4 is 17.7 Å². The van der Waals surface area contributed by atoms with Gasteiger partial charge in [0.1, 0.15) is 0 Å². The van der Waals surface area contributed by atoms with Crippen LogP contribution in [0.25, 0.3) is 0 Å². The van der Waals surface area contributed by atoms with Crippen LogP contribution in [0.5, 0.6) is 17.4 Å². The van der Waals surface area contributed by atoms with Crippen molar-refractivity contribution in [3.8, 4) is 17.4 Å². The summed E-state index contributed by atoms with van der Waals surface area (Å²) in [6, 6.07) is 15.1. The summed E-state index contributed by atoms with van der Waals surface area (Å²) >= 11 is 0. The maximum Gasteiger partial charge on any atom is 0.322 e. The molecule has 9 heteroatoms. The van der Waals surface area contributed by atoms with Crippen molar-refractivity contribution in [3.63, 3.8) is 0 Å². The van der Waals surface area contributed by atoms with Crippen LogP contribution in [-0.4, -0.2) is 72.7 Å². The fourth-order valence-electron chi connectivity index (χ4n) is 4.42. The molecular weight excluding hydrogens is 456 g/mol. The molecule has 1 saturated heterocycles. The van der Waals surface area contributed by atoms with E-state index >= 15 is 0 Å². The van der Waals surface area contributed by atoms with Crippen LogP contribution in [0.1, 0.15) is 16.8 Å². The van der Waals surface area contributed by atoms with Crippen LogP contribution in [0.3, 0.4) is 0 Å². The van der Waals surface area contributed by atoms with Gasteiger partial charge in [-0.25, -0.2) is 9.78 Å². The van der Waals surface area contributed by atoms with Crippen LogP contribution in [0.15, 0.2) is 48.5 Å². The zero-order chi connectivity index (χ0) is 25.1. The van der Waals surface area contributed by atoms with Gasteiger partial charge in [-0.2, -0.15) is 4.98 Å². The second kappa shape index (κ2) is 10.4. The van der Waals surface area contributed by atoms with Crippen molar-refractivity contribution in [2.24, 2.45) is 0 Å². The van der Waals surface area contributed by atoms with Gasteiger partial charge in [0.25, 0.3) is 0 Å². The van der Waals surface area contributed by atoms with E-state index in [1.54, 1.807) is 12.0 Å². The number of fused-ring (bicyclic) bond motifs is 1. The summed E-state index contributed by atoms with van der Waals surface area (Å²) in [6.45, 7) is 6.57. The monoisotopic (exact) mass is 488 g/mol. The number of hydrogen-bond acceptors (Lipinski definition) is 7. The number of amides is 2. The molecule has 2 amide bonds. The SMILES string of the molecule is COc1ccccc1Oc1nc(N2CCN(C)CC2)nc2c1CN(C(=O)Nc1ccc(C)cc1)CC2. The Morgan fingerprint density at radius 1 is 0.944 bits per heavy atom. The highest BCUT2D eigenvalue weighted by molar-refractivity contribution is 5.89. The van der Waals surface area contributed by atoms with Crippen molar-refractivity contribution < 1.29 is 14.3 Å². The van der Waals surface area contributed by atoms with E-state index in [1.165, 1.54) is 0 Å². The lowest BCUT2D eigenvalue weighted by Crippen LogP contribution is -2.45. The zero-order valence-electron chi connectivity index (χ0n) is 21.0. The van der Waals surface area contributed by atoms with Crippen LogP contribution in [0.2, 0.25) is 0 Å². The number of piperazine rings is 1. The van der Waals surface area contributed by atoms with Gasteiger partial charge in [-0.3, -0.25) is 0 Å². The van der Waals surface area contributed by atoms with Crippen molar-refractivity contribution in [2.45, 2.75) is 19.9 Å². The van der Waals surface area contributed by atoms with Crippen molar-refractivity contribution in [3.05, 3.63) is 65.4 Å². The molecule has 0 aliphatic carbocycles. The van der Waals surface area contributed by atoms with E-state index in [4.69, 9.17) is 19.4 Å². The third kappa shape index (κ3) is 5.21. The minimum atomic E-state index is -0.157. The number of methoxy groups -OCH3 is 1. The van der Waals surface area contributed by atoms with Crippen molar-refractivity contribution in [1.82, 2.24) is 19.8 Å². The Morgan fingerprint density at radius 2 is 1.67 bits per heavy atom. The normalized spacial score (nSPS) is 15.9. The number of nitrogens with one attached hydrogen (secondary N) is 1. The molecule has 0 saturated carbocycles. The predicted octanol–water partition coefficient (Wildman–Crippen LogP) is 3.93. The Morgan fingerprint density at radius 3 is 2.39 bits per heavy atom. The first-order valence-electron chi connectivity index (χ1n) is 12.3. The minimum Gasteiger partial charge on any atom is -0.493 e. The van der Waals surface area contributed by atoms with Gasteiger partial charge in [-0.15, -0.1) is 0 Å². The molecule has 0 radical (unpaired) electrons. The second-order valence-electron chi connectivity index (χ2n) is 9.26. The predicted molar refractivity (Wildman–Crippen MR) is 139 cm³/mol. The number of aryl methyl sites for hydroxylation is 1. The number of rotatable bonds is 5. The quantitative estimate of drug-likeness (QED) is 0.583.